The first-order valence-corrected chi connectivity index (χ1v) is 17.1. The molecule has 0 aliphatic heterocycles. The highest BCUT2D eigenvalue weighted by atomic mass is 32.2. The van der Waals surface area contributed by atoms with Crippen LogP contribution in [0.4, 0.5) is 17.1 Å². The first-order chi connectivity index (χ1) is 21.8. The van der Waals surface area contributed by atoms with Gasteiger partial charge in [0.15, 0.2) is 0 Å². The highest BCUT2D eigenvalue weighted by Crippen LogP contribution is 2.42. The molecule has 242 valence electrons. The van der Waals surface area contributed by atoms with Crippen LogP contribution < -0.4 is 15.0 Å². The van der Waals surface area contributed by atoms with Crippen molar-refractivity contribution in [2.75, 3.05) is 36.5 Å². The van der Waals surface area contributed by atoms with Crippen LogP contribution in [-0.4, -0.2) is 68.6 Å². The van der Waals surface area contributed by atoms with Gasteiger partial charge in [0, 0.05) is 35.6 Å². The van der Waals surface area contributed by atoms with Crippen LogP contribution in [0.15, 0.2) is 93.1 Å². The van der Waals surface area contributed by atoms with Crippen molar-refractivity contribution in [2.45, 2.75) is 29.7 Å². The number of para-hydroxylation sites is 2. The van der Waals surface area contributed by atoms with Crippen LogP contribution in [0.3, 0.4) is 0 Å². The van der Waals surface area contributed by atoms with Gasteiger partial charge < -0.3 is 25.2 Å². The van der Waals surface area contributed by atoms with E-state index in [0.29, 0.717) is 56.4 Å². The van der Waals surface area contributed by atoms with E-state index in [-0.39, 0.29) is 38.0 Å². The topological polar surface area (TPSA) is 185 Å². The summed E-state index contributed by atoms with van der Waals surface area (Å²) >= 11 is 0. The summed E-state index contributed by atoms with van der Waals surface area (Å²) in [5.74, 6) is 0.628. The Kier molecular flexibility index (Phi) is 9.49. The van der Waals surface area contributed by atoms with Crippen molar-refractivity contribution < 1.29 is 45.3 Å². The average molecular weight is 670 g/mol. The fraction of sp³-hybridized carbons (Fsp3) is 0.219. The number of ether oxygens (including phenoxy) is 1. The van der Waals surface area contributed by atoms with Crippen molar-refractivity contribution in [3.63, 3.8) is 0 Å². The van der Waals surface area contributed by atoms with Crippen LogP contribution >= 0.6 is 0 Å². The third-order valence-corrected chi connectivity index (χ3v) is 8.88. The molecule has 1 heterocycles. The molecule has 0 aliphatic carbocycles. The van der Waals surface area contributed by atoms with Crippen LogP contribution in [-0.2, 0) is 20.2 Å². The summed E-state index contributed by atoms with van der Waals surface area (Å²) in [6.45, 7) is 3.93. The van der Waals surface area contributed by atoms with Gasteiger partial charge in [0.05, 0.1) is 52.8 Å². The Morgan fingerprint density at radius 2 is 1.46 bits per heavy atom. The SMILES string of the molecule is CC(C)Oc1ccccc1Nc1ccc2c(-c3ccc(S(=O)(=O)O)cc3S(=O)(=O)O)c3ccc(N(CCO)CCO)cc3[o+]c2c1. The average Bonchev–Trinajstić information content (AvgIpc) is 2.99. The molecule has 0 fully saturated rings. The van der Waals surface area contributed by atoms with E-state index in [1.807, 2.05) is 38.1 Å². The molecule has 0 atom stereocenters. The largest absolute Gasteiger partial charge is 0.489 e. The first-order valence-electron chi connectivity index (χ1n) is 14.2. The number of benzene rings is 4. The Hall–Kier alpha value is -4.31. The number of fused-ring (bicyclic) bond motifs is 2. The molecular formula is C32H33N2O10S2+. The van der Waals surface area contributed by atoms with E-state index in [9.17, 15) is 36.2 Å². The Morgan fingerprint density at radius 3 is 2.09 bits per heavy atom. The number of hydrogen-bond acceptors (Lipinski definition) is 9. The van der Waals surface area contributed by atoms with E-state index >= 15 is 0 Å². The van der Waals surface area contributed by atoms with Gasteiger partial charge in [-0.3, -0.25) is 9.11 Å². The highest BCUT2D eigenvalue weighted by molar-refractivity contribution is 7.86. The predicted octanol–water partition coefficient (Wildman–Crippen LogP) is 5.35. The van der Waals surface area contributed by atoms with Gasteiger partial charge in [-0.25, -0.2) is 4.42 Å². The number of aliphatic hydroxyl groups excluding tert-OH is 2. The molecule has 0 aliphatic rings. The van der Waals surface area contributed by atoms with E-state index in [1.165, 1.54) is 6.07 Å². The number of nitrogens with one attached hydrogen (secondary N) is 1. The molecule has 4 aromatic carbocycles. The lowest BCUT2D eigenvalue weighted by Crippen LogP contribution is -2.29. The lowest BCUT2D eigenvalue weighted by molar-refractivity contribution is 0.244. The van der Waals surface area contributed by atoms with Gasteiger partial charge in [0.25, 0.3) is 20.2 Å². The fourth-order valence-electron chi connectivity index (χ4n) is 5.22. The van der Waals surface area contributed by atoms with Crippen LogP contribution in [0.25, 0.3) is 33.1 Å². The minimum absolute atomic E-state index is 0.0348. The van der Waals surface area contributed by atoms with Gasteiger partial charge in [-0.1, -0.05) is 18.2 Å². The number of anilines is 3. The molecule has 5 N–H and O–H groups in total. The Bertz CT molecular complexity index is 2130. The molecule has 12 nitrogen and oxygen atoms in total. The second-order valence-corrected chi connectivity index (χ2v) is 13.5. The normalized spacial score (nSPS) is 12.2. The van der Waals surface area contributed by atoms with Gasteiger partial charge >= 0.3 is 11.2 Å². The lowest BCUT2D eigenvalue weighted by Gasteiger charge is -2.22. The Morgan fingerprint density at radius 1 is 0.804 bits per heavy atom. The minimum atomic E-state index is -5.00. The Labute approximate surface area is 266 Å². The molecule has 5 rings (SSSR count). The minimum Gasteiger partial charge on any atom is -0.489 e. The van der Waals surface area contributed by atoms with Crippen molar-refractivity contribution in [3.05, 3.63) is 78.9 Å². The quantitative estimate of drug-likeness (QED) is 0.0653. The third kappa shape index (κ3) is 7.07. The van der Waals surface area contributed by atoms with Crippen LogP contribution in [0.2, 0.25) is 0 Å². The molecule has 1 aromatic heterocycles. The number of rotatable bonds is 12. The van der Waals surface area contributed by atoms with Crippen LogP contribution in [0, 0.1) is 0 Å². The predicted molar refractivity (Wildman–Crippen MR) is 175 cm³/mol. The Balaban J connectivity index is 1.79. The molecule has 46 heavy (non-hydrogen) atoms. The third-order valence-electron chi connectivity index (χ3n) is 7.14. The molecule has 0 saturated heterocycles. The van der Waals surface area contributed by atoms with Gasteiger partial charge in [-0.15, -0.1) is 0 Å². The number of aliphatic hydroxyl groups is 2. The van der Waals surface area contributed by atoms with Crippen molar-refractivity contribution in [1.82, 2.24) is 0 Å². The smallest absolute Gasteiger partial charge is 0.363 e. The van der Waals surface area contributed by atoms with Gasteiger partial charge in [0.2, 0.25) is 0 Å². The molecule has 0 amide bonds. The fourth-order valence-corrected chi connectivity index (χ4v) is 6.53. The molecular weight excluding hydrogens is 636 g/mol. The number of hydrogen-bond donors (Lipinski definition) is 5. The molecule has 5 aromatic rings. The van der Waals surface area contributed by atoms with Gasteiger partial charge in [-0.2, -0.15) is 16.8 Å². The first kappa shape index (κ1) is 33.1. The van der Waals surface area contributed by atoms with E-state index in [2.05, 4.69) is 5.32 Å². The molecule has 0 spiro atoms. The second-order valence-electron chi connectivity index (χ2n) is 10.7. The summed E-state index contributed by atoms with van der Waals surface area (Å²) in [5, 5.41) is 23.3. The maximum absolute atomic E-state index is 12.6. The summed E-state index contributed by atoms with van der Waals surface area (Å²) in [5.41, 5.74) is 2.78. The lowest BCUT2D eigenvalue weighted by atomic mass is 9.96. The number of nitrogens with zero attached hydrogens (tertiary/aromatic N) is 1. The van der Waals surface area contributed by atoms with E-state index in [4.69, 9.17) is 9.15 Å². The summed E-state index contributed by atoms with van der Waals surface area (Å²) in [6.07, 6.45) is -0.0712. The van der Waals surface area contributed by atoms with Crippen LogP contribution in [0.1, 0.15) is 13.8 Å². The summed E-state index contributed by atoms with van der Waals surface area (Å²) < 4.78 is 81.0. The summed E-state index contributed by atoms with van der Waals surface area (Å²) in [4.78, 5) is 0.301. The zero-order valence-corrected chi connectivity index (χ0v) is 26.5. The zero-order valence-electron chi connectivity index (χ0n) is 24.9. The maximum Gasteiger partial charge on any atom is 0.363 e. The molecule has 0 saturated carbocycles. The second kappa shape index (κ2) is 13.2. The van der Waals surface area contributed by atoms with Crippen LogP contribution in [0.5, 0.6) is 5.75 Å². The molecule has 14 heteroatoms. The summed E-state index contributed by atoms with van der Waals surface area (Å²) in [6, 6.07) is 20.5. The van der Waals surface area contributed by atoms with Gasteiger partial charge in [0.1, 0.15) is 10.6 Å². The van der Waals surface area contributed by atoms with Crippen molar-refractivity contribution in [3.8, 4) is 16.9 Å². The standard InChI is InChI=1S/C32H32N2O10S2/c1-20(2)43-28-6-4-3-5-27(28)33-21-7-10-24-29(17-21)44-30-18-22(34(13-15-35)14-16-36)8-11-25(30)32(24)26-12-9-23(45(37,38)39)19-31(26)46(40,41)42/h3-12,17-20,33,35-36H,13-16H2,1-2H3,(H-,37,38,39,40,41,42)/p+1. The highest BCUT2D eigenvalue weighted by Gasteiger charge is 2.28. The van der Waals surface area contributed by atoms with E-state index < -0.39 is 30.0 Å². The summed E-state index contributed by atoms with van der Waals surface area (Å²) in [7, 11) is -9.80. The van der Waals surface area contributed by atoms with Crippen molar-refractivity contribution in [2.24, 2.45) is 0 Å². The molecule has 0 radical (unpaired) electrons. The molecule has 0 bridgehead atoms. The van der Waals surface area contributed by atoms with Gasteiger partial charge in [-0.05, 0) is 62.4 Å². The monoisotopic (exact) mass is 669 g/mol. The van der Waals surface area contributed by atoms with Crippen molar-refractivity contribution in [1.29, 1.82) is 0 Å². The maximum atomic E-state index is 12.6. The molecule has 0 unspecified atom stereocenters. The van der Waals surface area contributed by atoms with E-state index in [0.717, 1.165) is 6.07 Å². The van der Waals surface area contributed by atoms with Crippen molar-refractivity contribution >= 4 is 59.2 Å². The zero-order chi connectivity index (χ0) is 33.2. The van der Waals surface area contributed by atoms with E-state index in [1.54, 1.807) is 41.3 Å².